The maximum atomic E-state index is 12.0. The summed E-state index contributed by atoms with van der Waals surface area (Å²) in [5.74, 6) is 2.40. The van der Waals surface area contributed by atoms with E-state index in [0.29, 0.717) is 12.3 Å². The maximum absolute atomic E-state index is 12.0. The summed E-state index contributed by atoms with van der Waals surface area (Å²) in [6.45, 7) is 4.71. The summed E-state index contributed by atoms with van der Waals surface area (Å²) >= 11 is 0. The zero-order valence-corrected chi connectivity index (χ0v) is 13.4. The van der Waals surface area contributed by atoms with E-state index >= 15 is 0 Å². The maximum Gasteiger partial charge on any atom is 0.153 e. The van der Waals surface area contributed by atoms with Crippen LogP contribution in [0.1, 0.15) is 31.3 Å². The molecule has 0 aromatic carbocycles. The van der Waals surface area contributed by atoms with Gasteiger partial charge in [0, 0.05) is 18.5 Å². The highest BCUT2D eigenvalue weighted by Gasteiger charge is 2.41. The van der Waals surface area contributed by atoms with Crippen molar-refractivity contribution in [2.24, 2.45) is 0 Å². The van der Waals surface area contributed by atoms with Gasteiger partial charge < -0.3 is 9.73 Å². The molecule has 2 aliphatic heterocycles. The van der Waals surface area contributed by atoms with E-state index in [1.54, 1.807) is 0 Å². The van der Waals surface area contributed by atoms with Crippen LogP contribution in [0.4, 0.5) is 0 Å². The third-order valence-corrected chi connectivity index (χ3v) is 6.25. The lowest BCUT2D eigenvalue weighted by Crippen LogP contribution is -2.48. The van der Waals surface area contributed by atoms with Gasteiger partial charge in [-0.25, -0.2) is 8.42 Å². The first-order chi connectivity index (χ1) is 10.1. The summed E-state index contributed by atoms with van der Waals surface area (Å²) in [4.78, 5) is 2.34. The molecule has 0 saturated carbocycles. The third-order valence-electron chi connectivity index (χ3n) is 4.54. The molecular weight excluding hydrogens is 288 g/mol. The minimum Gasteiger partial charge on any atom is -0.465 e. The molecule has 0 bridgehead atoms. The van der Waals surface area contributed by atoms with E-state index in [-0.39, 0.29) is 17.8 Å². The summed E-state index contributed by atoms with van der Waals surface area (Å²) in [5, 5.41) is 3.40. The van der Waals surface area contributed by atoms with E-state index in [9.17, 15) is 8.42 Å². The second-order valence-corrected chi connectivity index (χ2v) is 8.25. The number of hydrogen-bond acceptors (Lipinski definition) is 5. The molecule has 21 heavy (non-hydrogen) atoms. The smallest absolute Gasteiger partial charge is 0.153 e. The van der Waals surface area contributed by atoms with Crippen LogP contribution < -0.4 is 5.32 Å². The first kappa shape index (κ1) is 15.1. The van der Waals surface area contributed by atoms with Gasteiger partial charge in [0.05, 0.1) is 18.1 Å². The van der Waals surface area contributed by atoms with Gasteiger partial charge in [-0.2, -0.15) is 0 Å². The van der Waals surface area contributed by atoms with Gasteiger partial charge in [-0.3, -0.25) is 4.90 Å². The fourth-order valence-corrected chi connectivity index (χ4v) is 5.38. The molecule has 2 atom stereocenters. The Bertz CT molecular complexity index is 575. The predicted octanol–water partition coefficient (Wildman–Crippen LogP) is 1.19. The number of hydrogen-bond donors (Lipinski definition) is 1. The molecule has 0 aliphatic carbocycles. The lowest BCUT2D eigenvalue weighted by Gasteiger charge is -2.28. The van der Waals surface area contributed by atoms with Crippen LogP contribution in [0, 0.1) is 0 Å². The number of nitrogens with zero attached hydrogens (tertiary/aromatic N) is 1. The SMILES string of the molecule is CCc1ccc(CN[C@H]2CS(=O)(=O)C[C@@H]2N2CCCC2)o1. The van der Waals surface area contributed by atoms with Crippen molar-refractivity contribution >= 4 is 9.84 Å². The Morgan fingerprint density at radius 3 is 2.62 bits per heavy atom. The van der Waals surface area contributed by atoms with Gasteiger partial charge >= 0.3 is 0 Å². The fourth-order valence-electron chi connectivity index (χ4n) is 3.40. The molecule has 3 rings (SSSR count). The highest BCUT2D eigenvalue weighted by atomic mass is 32.2. The second-order valence-electron chi connectivity index (χ2n) is 6.10. The van der Waals surface area contributed by atoms with Crippen molar-refractivity contribution in [2.45, 2.75) is 44.8 Å². The molecule has 0 radical (unpaired) electrons. The average molecular weight is 312 g/mol. The molecule has 2 saturated heterocycles. The summed E-state index contributed by atoms with van der Waals surface area (Å²) in [6, 6.07) is 4.10. The van der Waals surface area contributed by atoms with E-state index < -0.39 is 9.84 Å². The zero-order chi connectivity index (χ0) is 14.9. The first-order valence-corrected chi connectivity index (χ1v) is 9.65. The van der Waals surface area contributed by atoms with Gasteiger partial charge in [-0.15, -0.1) is 0 Å². The molecule has 1 N–H and O–H groups in total. The quantitative estimate of drug-likeness (QED) is 0.885. The molecule has 2 aliphatic rings. The molecule has 0 spiro atoms. The molecule has 3 heterocycles. The van der Waals surface area contributed by atoms with Crippen molar-refractivity contribution < 1.29 is 12.8 Å². The topological polar surface area (TPSA) is 62.6 Å². The number of sulfone groups is 1. The van der Waals surface area contributed by atoms with Crippen molar-refractivity contribution in [3.05, 3.63) is 23.7 Å². The monoisotopic (exact) mass is 312 g/mol. The number of likely N-dealkylation sites (tertiary alicyclic amines) is 1. The van der Waals surface area contributed by atoms with Crippen LogP contribution in [-0.2, 0) is 22.8 Å². The Morgan fingerprint density at radius 1 is 1.24 bits per heavy atom. The summed E-state index contributed by atoms with van der Waals surface area (Å²) in [7, 11) is -2.92. The Balaban J connectivity index is 1.64. The van der Waals surface area contributed by atoms with Crippen molar-refractivity contribution in [1.29, 1.82) is 0 Å². The van der Waals surface area contributed by atoms with E-state index in [4.69, 9.17) is 4.42 Å². The van der Waals surface area contributed by atoms with E-state index in [1.807, 2.05) is 12.1 Å². The molecule has 0 unspecified atom stereocenters. The molecule has 1 aromatic heterocycles. The van der Waals surface area contributed by atoms with Gasteiger partial charge in [-0.05, 0) is 38.1 Å². The Morgan fingerprint density at radius 2 is 1.95 bits per heavy atom. The molecule has 0 amide bonds. The largest absolute Gasteiger partial charge is 0.465 e. The predicted molar refractivity (Wildman–Crippen MR) is 82.0 cm³/mol. The Hall–Kier alpha value is -0.850. The van der Waals surface area contributed by atoms with E-state index in [1.165, 1.54) is 12.8 Å². The number of rotatable bonds is 5. The Kier molecular flexibility index (Phi) is 4.38. The van der Waals surface area contributed by atoms with Crippen molar-refractivity contribution in [3.8, 4) is 0 Å². The fraction of sp³-hybridized carbons (Fsp3) is 0.733. The zero-order valence-electron chi connectivity index (χ0n) is 12.5. The highest BCUT2D eigenvalue weighted by molar-refractivity contribution is 7.91. The molecule has 2 fully saturated rings. The van der Waals surface area contributed by atoms with Crippen LogP contribution in [0.5, 0.6) is 0 Å². The normalized spacial score (nSPS) is 29.2. The standard InChI is InChI=1S/C15H24N2O3S/c1-2-12-5-6-13(20-12)9-16-14-10-21(18,19)11-15(14)17-7-3-4-8-17/h5-6,14-16H,2-4,7-11H2,1H3/t14-,15-/m0/s1. The van der Waals surface area contributed by atoms with Crippen LogP contribution >= 0.6 is 0 Å². The van der Waals surface area contributed by atoms with Crippen molar-refractivity contribution in [1.82, 2.24) is 10.2 Å². The van der Waals surface area contributed by atoms with Crippen LogP contribution in [0.2, 0.25) is 0 Å². The van der Waals surface area contributed by atoms with Crippen LogP contribution in [0.15, 0.2) is 16.5 Å². The lowest BCUT2D eigenvalue weighted by atomic mass is 10.1. The molecular formula is C15H24N2O3S. The Labute approximate surface area is 126 Å². The van der Waals surface area contributed by atoms with Gasteiger partial charge in [0.2, 0.25) is 0 Å². The molecule has 118 valence electrons. The van der Waals surface area contributed by atoms with Gasteiger partial charge in [0.15, 0.2) is 9.84 Å². The lowest BCUT2D eigenvalue weighted by molar-refractivity contribution is 0.223. The number of aryl methyl sites for hydroxylation is 1. The summed E-state index contributed by atoms with van der Waals surface area (Å²) in [5.41, 5.74) is 0. The highest BCUT2D eigenvalue weighted by Crippen LogP contribution is 2.23. The number of nitrogens with one attached hydrogen (secondary N) is 1. The van der Waals surface area contributed by atoms with Crippen LogP contribution in [0.3, 0.4) is 0 Å². The van der Waals surface area contributed by atoms with E-state index in [0.717, 1.165) is 31.0 Å². The second kappa shape index (κ2) is 6.10. The number of furan rings is 1. The third kappa shape index (κ3) is 3.49. The van der Waals surface area contributed by atoms with Crippen molar-refractivity contribution in [2.75, 3.05) is 24.6 Å². The minimum atomic E-state index is -2.92. The minimum absolute atomic E-state index is 0.0169. The van der Waals surface area contributed by atoms with Crippen LogP contribution in [0.25, 0.3) is 0 Å². The first-order valence-electron chi connectivity index (χ1n) is 7.83. The summed E-state index contributed by atoms with van der Waals surface area (Å²) in [6.07, 6.45) is 3.25. The van der Waals surface area contributed by atoms with Gasteiger partial charge in [0.1, 0.15) is 11.5 Å². The van der Waals surface area contributed by atoms with Gasteiger partial charge in [0.25, 0.3) is 0 Å². The molecule has 1 aromatic rings. The average Bonchev–Trinajstić information content (AvgIpc) is 3.15. The van der Waals surface area contributed by atoms with E-state index in [2.05, 4.69) is 17.1 Å². The summed E-state index contributed by atoms with van der Waals surface area (Å²) < 4.78 is 29.6. The molecule has 5 nitrogen and oxygen atoms in total. The van der Waals surface area contributed by atoms with Crippen LogP contribution in [-0.4, -0.2) is 50.0 Å². The molecule has 6 heteroatoms. The van der Waals surface area contributed by atoms with Crippen molar-refractivity contribution in [3.63, 3.8) is 0 Å². The van der Waals surface area contributed by atoms with Gasteiger partial charge in [-0.1, -0.05) is 6.92 Å².